The molecule has 0 spiro atoms. The lowest BCUT2D eigenvalue weighted by molar-refractivity contribution is -0.384. The van der Waals surface area contributed by atoms with E-state index in [0.717, 1.165) is 25.8 Å². The molecule has 2 N–H and O–H groups in total. The minimum absolute atomic E-state index is 0.0828. The van der Waals surface area contributed by atoms with Gasteiger partial charge in [-0.05, 0) is 43.4 Å². The highest BCUT2D eigenvalue weighted by atomic mass is 16.6. The molecule has 0 aliphatic rings. The fourth-order valence-corrected chi connectivity index (χ4v) is 2.16. The SMILES string of the molecule is CC[C@H](CN)C[C@H](C)CCOc1ccc([N+](=O)[O-])cc1. The van der Waals surface area contributed by atoms with Crippen LogP contribution in [0.4, 0.5) is 5.69 Å². The van der Waals surface area contributed by atoms with Crippen LogP contribution in [-0.4, -0.2) is 18.1 Å². The molecule has 0 aliphatic carbocycles. The fourth-order valence-electron chi connectivity index (χ4n) is 2.16. The Balaban J connectivity index is 2.31. The molecule has 5 heteroatoms. The normalized spacial score (nSPS) is 13.8. The van der Waals surface area contributed by atoms with Gasteiger partial charge in [0, 0.05) is 12.1 Å². The number of benzene rings is 1. The highest BCUT2D eigenvalue weighted by Gasteiger charge is 2.10. The lowest BCUT2D eigenvalue weighted by atomic mass is 9.92. The summed E-state index contributed by atoms with van der Waals surface area (Å²) in [6, 6.07) is 6.19. The Bertz CT molecular complexity index is 402. The van der Waals surface area contributed by atoms with Crippen LogP contribution in [0.25, 0.3) is 0 Å². The van der Waals surface area contributed by atoms with Crippen LogP contribution in [-0.2, 0) is 0 Å². The van der Waals surface area contributed by atoms with Gasteiger partial charge in [0.25, 0.3) is 5.69 Å². The first-order valence-corrected chi connectivity index (χ1v) is 7.14. The van der Waals surface area contributed by atoms with Crippen molar-refractivity contribution in [3.63, 3.8) is 0 Å². The van der Waals surface area contributed by atoms with Gasteiger partial charge in [-0.3, -0.25) is 10.1 Å². The van der Waals surface area contributed by atoms with E-state index in [2.05, 4.69) is 13.8 Å². The molecule has 0 aliphatic heterocycles. The van der Waals surface area contributed by atoms with Crippen LogP contribution in [0.3, 0.4) is 0 Å². The maximum absolute atomic E-state index is 10.5. The molecular formula is C15H24N2O3. The number of nitrogens with zero attached hydrogens (tertiary/aromatic N) is 1. The van der Waals surface area contributed by atoms with E-state index in [1.807, 2.05) is 0 Å². The van der Waals surface area contributed by atoms with Crippen molar-refractivity contribution in [1.29, 1.82) is 0 Å². The lowest BCUT2D eigenvalue weighted by Crippen LogP contribution is -2.17. The Morgan fingerprint density at radius 1 is 1.35 bits per heavy atom. The van der Waals surface area contributed by atoms with E-state index < -0.39 is 4.92 Å². The van der Waals surface area contributed by atoms with Crippen molar-refractivity contribution in [2.24, 2.45) is 17.6 Å². The van der Waals surface area contributed by atoms with E-state index in [4.69, 9.17) is 10.5 Å². The zero-order valence-corrected chi connectivity index (χ0v) is 12.2. The number of hydrogen-bond donors (Lipinski definition) is 1. The summed E-state index contributed by atoms with van der Waals surface area (Å²) in [5, 5.41) is 10.5. The second-order valence-electron chi connectivity index (χ2n) is 5.24. The number of nitro groups is 1. The largest absolute Gasteiger partial charge is 0.494 e. The van der Waals surface area contributed by atoms with E-state index in [0.29, 0.717) is 24.2 Å². The summed E-state index contributed by atoms with van der Waals surface area (Å²) < 4.78 is 5.61. The first-order chi connectivity index (χ1) is 9.56. The van der Waals surface area contributed by atoms with Gasteiger partial charge in [0.05, 0.1) is 11.5 Å². The average molecular weight is 280 g/mol. The minimum atomic E-state index is -0.413. The van der Waals surface area contributed by atoms with Crippen LogP contribution in [0.15, 0.2) is 24.3 Å². The van der Waals surface area contributed by atoms with Crippen molar-refractivity contribution in [3.05, 3.63) is 34.4 Å². The number of hydrogen-bond acceptors (Lipinski definition) is 4. The fraction of sp³-hybridized carbons (Fsp3) is 0.600. The third-order valence-corrected chi connectivity index (χ3v) is 3.57. The zero-order valence-electron chi connectivity index (χ0n) is 12.2. The molecule has 0 bridgehead atoms. The van der Waals surface area contributed by atoms with Crippen LogP contribution in [0.1, 0.15) is 33.1 Å². The molecule has 0 saturated carbocycles. The van der Waals surface area contributed by atoms with Gasteiger partial charge < -0.3 is 10.5 Å². The Morgan fingerprint density at radius 2 is 2.00 bits per heavy atom. The van der Waals surface area contributed by atoms with Crippen molar-refractivity contribution in [2.75, 3.05) is 13.2 Å². The van der Waals surface area contributed by atoms with Crippen molar-refractivity contribution < 1.29 is 9.66 Å². The second-order valence-corrected chi connectivity index (χ2v) is 5.24. The first-order valence-electron chi connectivity index (χ1n) is 7.14. The molecule has 1 aromatic carbocycles. The smallest absolute Gasteiger partial charge is 0.269 e. The molecule has 0 amide bonds. The minimum Gasteiger partial charge on any atom is -0.494 e. The molecular weight excluding hydrogens is 256 g/mol. The summed E-state index contributed by atoms with van der Waals surface area (Å²) >= 11 is 0. The molecule has 0 aromatic heterocycles. The van der Waals surface area contributed by atoms with Gasteiger partial charge in [0.1, 0.15) is 5.75 Å². The van der Waals surface area contributed by atoms with Crippen LogP contribution in [0, 0.1) is 22.0 Å². The molecule has 0 saturated heterocycles. The van der Waals surface area contributed by atoms with Crippen LogP contribution < -0.4 is 10.5 Å². The zero-order chi connectivity index (χ0) is 15.0. The summed E-state index contributed by atoms with van der Waals surface area (Å²) in [4.78, 5) is 10.1. The molecule has 0 heterocycles. The van der Waals surface area contributed by atoms with Gasteiger partial charge >= 0.3 is 0 Å². The predicted molar refractivity (Wildman–Crippen MR) is 79.8 cm³/mol. The van der Waals surface area contributed by atoms with Gasteiger partial charge in [-0.1, -0.05) is 20.3 Å². The van der Waals surface area contributed by atoms with Gasteiger partial charge in [-0.2, -0.15) is 0 Å². The maximum Gasteiger partial charge on any atom is 0.269 e. The number of nitrogens with two attached hydrogens (primary N) is 1. The summed E-state index contributed by atoms with van der Waals surface area (Å²) in [6.07, 6.45) is 3.20. The van der Waals surface area contributed by atoms with E-state index >= 15 is 0 Å². The number of non-ortho nitro benzene ring substituents is 1. The molecule has 2 atom stereocenters. The molecule has 112 valence electrons. The van der Waals surface area contributed by atoms with E-state index in [9.17, 15) is 10.1 Å². The van der Waals surface area contributed by atoms with Gasteiger partial charge in [-0.15, -0.1) is 0 Å². The third kappa shape index (κ3) is 5.57. The number of ether oxygens (including phenoxy) is 1. The highest BCUT2D eigenvalue weighted by Crippen LogP contribution is 2.20. The Morgan fingerprint density at radius 3 is 2.50 bits per heavy atom. The van der Waals surface area contributed by atoms with Gasteiger partial charge in [0.2, 0.25) is 0 Å². The van der Waals surface area contributed by atoms with Crippen molar-refractivity contribution >= 4 is 5.69 Å². The molecule has 5 nitrogen and oxygen atoms in total. The van der Waals surface area contributed by atoms with Gasteiger partial charge in [0.15, 0.2) is 0 Å². The molecule has 0 unspecified atom stereocenters. The van der Waals surface area contributed by atoms with E-state index in [1.165, 1.54) is 12.1 Å². The second kappa shape index (κ2) is 8.53. The first kappa shape index (κ1) is 16.4. The Hall–Kier alpha value is -1.62. The number of rotatable bonds is 9. The maximum atomic E-state index is 10.5. The van der Waals surface area contributed by atoms with Crippen LogP contribution >= 0.6 is 0 Å². The molecule has 20 heavy (non-hydrogen) atoms. The lowest BCUT2D eigenvalue weighted by Gasteiger charge is -2.18. The van der Waals surface area contributed by atoms with Crippen LogP contribution in [0.5, 0.6) is 5.75 Å². The molecule has 0 radical (unpaired) electrons. The summed E-state index contributed by atoms with van der Waals surface area (Å²) in [6.45, 7) is 5.74. The van der Waals surface area contributed by atoms with Gasteiger partial charge in [-0.25, -0.2) is 0 Å². The standard InChI is InChI=1S/C15H24N2O3/c1-3-13(11-16)10-12(2)8-9-20-15-6-4-14(5-7-15)17(18)19/h4-7,12-13H,3,8-11,16H2,1-2H3/t12-,13+/m1/s1. The molecule has 0 fully saturated rings. The highest BCUT2D eigenvalue weighted by molar-refractivity contribution is 5.35. The predicted octanol–water partition coefficient (Wildman–Crippen LogP) is 3.37. The summed E-state index contributed by atoms with van der Waals surface area (Å²) in [5.74, 6) is 1.83. The van der Waals surface area contributed by atoms with Crippen LogP contribution in [0.2, 0.25) is 0 Å². The average Bonchev–Trinajstić information content (AvgIpc) is 2.45. The Labute approximate surface area is 120 Å². The third-order valence-electron chi connectivity index (χ3n) is 3.57. The summed E-state index contributed by atoms with van der Waals surface area (Å²) in [5.41, 5.74) is 5.79. The van der Waals surface area contributed by atoms with E-state index in [1.54, 1.807) is 12.1 Å². The molecule has 1 aromatic rings. The monoisotopic (exact) mass is 280 g/mol. The quantitative estimate of drug-likeness (QED) is 0.555. The summed E-state index contributed by atoms with van der Waals surface area (Å²) in [7, 11) is 0. The van der Waals surface area contributed by atoms with Crippen molar-refractivity contribution in [1.82, 2.24) is 0 Å². The van der Waals surface area contributed by atoms with Crippen molar-refractivity contribution in [2.45, 2.75) is 33.1 Å². The van der Waals surface area contributed by atoms with E-state index in [-0.39, 0.29) is 5.69 Å². The number of nitro benzene ring substituents is 1. The Kier molecular flexibility index (Phi) is 7.01. The molecule has 1 rings (SSSR count). The van der Waals surface area contributed by atoms with Crippen molar-refractivity contribution in [3.8, 4) is 5.75 Å². The topological polar surface area (TPSA) is 78.4 Å².